The number of carbonyl (C=O) groups is 3. The van der Waals surface area contributed by atoms with E-state index in [1.54, 1.807) is 18.0 Å². The highest BCUT2D eigenvalue weighted by Gasteiger charge is 2.53. The van der Waals surface area contributed by atoms with Crippen molar-refractivity contribution >= 4 is 29.1 Å². The summed E-state index contributed by atoms with van der Waals surface area (Å²) in [5, 5.41) is 2.82. The fraction of sp³-hybridized carbons (Fsp3) is 0.435. The molecule has 8 rings (SSSR count). The first-order chi connectivity index (χ1) is 28.9. The number of methoxy groups -OCH3 is 2. The summed E-state index contributed by atoms with van der Waals surface area (Å²) in [7, 11) is 2.84. The summed E-state index contributed by atoms with van der Waals surface area (Å²) in [4.78, 5) is 57.7. The van der Waals surface area contributed by atoms with Crippen LogP contribution < -0.4 is 5.32 Å². The number of halogens is 3. The van der Waals surface area contributed by atoms with Gasteiger partial charge in [0.15, 0.2) is 0 Å². The van der Waals surface area contributed by atoms with E-state index in [1.165, 1.54) is 26.4 Å². The SMILES string of the molecule is COC(=O)C[C@H](C(=O)N1CCC[C@H]1c1ncc(-c2ccc(-c3ccc(C4=CN=C(C5C6CCC(C6)[C@@H]5C(=O)NCc5cccnc5C(F)(F)F)C4)cc3)cc2)[nH]1)[C@@H](C)OC. The molecule has 2 N–H and O–H groups in total. The van der Waals surface area contributed by atoms with Crippen molar-refractivity contribution in [2.45, 2.75) is 76.7 Å². The van der Waals surface area contributed by atoms with Gasteiger partial charge < -0.3 is 24.7 Å². The van der Waals surface area contributed by atoms with Gasteiger partial charge in [-0.3, -0.25) is 24.4 Å². The second-order valence-electron chi connectivity index (χ2n) is 16.4. The molecule has 4 aliphatic rings. The van der Waals surface area contributed by atoms with E-state index < -0.39 is 29.9 Å². The number of likely N-dealkylation sites (tertiary alicyclic amines) is 1. The van der Waals surface area contributed by atoms with Gasteiger partial charge in [0.05, 0.1) is 43.5 Å². The Hall–Kier alpha value is -5.63. The molecule has 14 heteroatoms. The van der Waals surface area contributed by atoms with Crippen LogP contribution in [0, 0.1) is 29.6 Å². The first-order valence-electron chi connectivity index (χ1n) is 20.6. The maximum Gasteiger partial charge on any atom is 0.433 e. The minimum atomic E-state index is -4.60. The monoisotopic (exact) mass is 822 g/mol. The third-order valence-corrected chi connectivity index (χ3v) is 13.1. The molecule has 11 nitrogen and oxygen atoms in total. The number of rotatable bonds is 13. The number of amides is 2. The van der Waals surface area contributed by atoms with E-state index in [-0.39, 0.29) is 54.1 Å². The number of benzene rings is 2. The van der Waals surface area contributed by atoms with E-state index in [9.17, 15) is 27.6 Å². The number of hydrogen-bond donors (Lipinski definition) is 2. The molecule has 314 valence electrons. The zero-order valence-corrected chi connectivity index (χ0v) is 33.9. The molecule has 0 radical (unpaired) electrons. The summed E-state index contributed by atoms with van der Waals surface area (Å²) >= 11 is 0. The van der Waals surface area contributed by atoms with Crippen LogP contribution in [0.1, 0.15) is 80.6 Å². The number of aliphatic imine (C=N–C) groups is 1. The van der Waals surface area contributed by atoms with Gasteiger partial charge in [-0.2, -0.15) is 13.2 Å². The highest BCUT2D eigenvalue weighted by Crippen LogP contribution is 2.54. The predicted molar refractivity (Wildman–Crippen MR) is 219 cm³/mol. The molecule has 4 heterocycles. The molecular weight excluding hydrogens is 774 g/mol. The maximum absolute atomic E-state index is 13.7. The van der Waals surface area contributed by atoms with E-state index in [2.05, 4.69) is 56.7 Å². The maximum atomic E-state index is 13.7. The minimum Gasteiger partial charge on any atom is -0.469 e. The van der Waals surface area contributed by atoms with Crippen LogP contribution in [0.3, 0.4) is 0 Å². The van der Waals surface area contributed by atoms with Crippen molar-refractivity contribution in [1.29, 1.82) is 0 Å². The number of allylic oxidation sites excluding steroid dienone is 1. The fourth-order valence-electron chi connectivity index (χ4n) is 9.89. The second kappa shape index (κ2) is 17.2. The standard InChI is InChI=1S/C46H49F3N6O5/c1-26(59-2)35(22-39(56)60-3)45(58)55-19-5-7-38(55)43-52-25-37(54-43)30-14-12-28(13-15-30)27-8-10-29(11-9-27)34-21-36(51-24-34)40-31-16-17-32(20-31)41(40)44(57)53-23-33-6-4-18-50-42(33)46(47,48)49/h4,6,8-15,18,24-26,31-32,35,38,40-41H,5,7,16-17,19-23H2,1-3H3,(H,52,54)(H,53,57)/t26-,31?,32?,35+,38+,40?,41+/m1/s1. The third kappa shape index (κ3) is 8.26. The molecule has 2 amide bonds. The first kappa shape index (κ1) is 41.1. The molecule has 2 aromatic heterocycles. The Balaban J connectivity index is 0.888. The Morgan fingerprint density at radius 2 is 1.63 bits per heavy atom. The lowest BCUT2D eigenvalue weighted by atomic mass is 9.75. The number of fused-ring (bicyclic) bond motifs is 2. The lowest BCUT2D eigenvalue weighted by molar-refractivity contribution is -0.151. The third-order valence-electron chi connectivity index (χ3n) is 13.1. The van der Waals surface area contributed by atoms with Crippen molar-refractivity contribution in [2.24, 2.45) is 34.6 Å². The van der Waals surface area contributed by atoms with Crippen molar-refractivity contribution in [1.82, 2.24) is 25.2 Å². The molecule has 2 bridgehead atoms. The average molecular weight is 823 g/mol. The lowest BCUT2D eigenvalue weighted by Crippen LogP contribution is -2.41. The highest BCUT2D eigenvalue weighted by molar-refractivity contribution is 6.02. The van der Waals surface area contributed by atoms with Crippen LogP contribution in [-0.2, 0) is 36.6 Å². The normalized spacial score (nSPS) is 23.3. The minimum absolute atomic E-state index is 0.0353. The second-order valence-corrected chi connectivity index (χ2v) is 16.4. The van der Waals surface area contributed by atoms with Gasteiger partial charge in [0.2, 0.25) is 11.8 Å². The largest absolute Gasteiger partial charge is 0.469 e. The van der Waals surface area contributed by atoms with Gasteiger partial charge in [0.25, 0.3) is 0 Å². The van der Waals surface area contributed by atoms with Gasteiger partial charge in [0.1, 0.15) is 11.5 Å². The fourth-order valence-corrected chi connectivity index (χ4v) is 9.89. The molecule has 2 saturated carbocycles. The molecule has 7 atom stereocenters. The van der Waals surface area contributed by atoms with Gasteiger partial charge in [-0.05, 0) is 84.8 Å². The number of imidazole rings is 1. The predicted octanol–water partition coefficient (Wildman–Crippen LogP) is 8.20. The Kier molecular flexibility index (Phi) is 11.8. The Morgan fingerprint density at radius 1 is 0.933 bits per heavy atom. The molecule has 3 unspecified atom stereocenters. The van der Waals surface area contributed by atoms with Gasteiger partial charge >= 0.3 is 12.1 Å². The molecular formula is C46H49F3N6O5. The van der Waals surface area contributed by atoms with Crippen LogP contribution in [0.15, 0.2) is 84.2 Å². The smallest absolute Gasteiger partial charge is 0.433 e. The van der Waals surface area contributed by atoms with Crippen molar-refractivity contribution in [2.75, 3.05) is 20.8 Å². The molecule has 3 fully saturated rings. The lowest BCUT2D eigenvalue weighted by Gasteiger charge is -2.30. The number of alkyl halides is 3. The number of aromatic nitrogens is 3. The van der Waals surface area contributed by atoms with Crippen molar-refractivity contribution < 1.29 is 37.0 Å². The zero-order valence-electron chi connectivity index (χ0n) is 33.9. The van der Waals surface area contributed by atoms with E-state index in [0.717, 1.165) is 77.5 Å². The first-order valence-corrected chi connectivity index (χ1v) is 20.6. The number of aromatic amines is 1. The van der Waals surface area contributed by atoms with Crippen LogP contribution in [-0.4, -0.2) is 70.2 Å². The van der Waals surface area contributed by atoms with Crippen molar-refractivity contribution in [3.8, 4) is 22.4 Å². The molecule has 4 aromatic rings. The molecule has 1 saturated heterocycles. The summed E-state index contributed by atoms with van der Waals surface area (Å²) in [5.41, 5.74) is 5.97. The molecule has 60 heavy (non-hydrogen) atoms. The van der Waals surface area contributed by atoms with Crippen LogP contribution in [0.2, 0.25) is 0 Å². The van der Waals surface area contributed by atoms with Crippen LogP contribution in [0.5, 0.6) is 0 Å². The number of H-pyrrole nitrogens is 1. The Bertz CT molecular complexity index is 2290. The van der Waals surface area contributed by atoms with Crippen LogP contribution >= 0.6 is 0 Å². The number of pyridine rings is 1. The molecule has 0 spiro atoms. The average Bonchev–Trinajstić information content (AvgIpc) is 4.13. The zero-order chi connectivity index (χ0) is 42.1. The number of nitrogens with one attached hydrogen (secondary N) is 2. The summed E-state index contributed by atoms with van der Waals surface area (Å²) in [6, 6.07) is 19.1. The Labute approximate surface area is 346 Å². The van der Waals surface area contributed by atoms with Gasteiger partial charge in [-0.25, -0.2) is 4.98 Å². The van der Waals surface area contributed by atoms with E-state index >= 15 is 0 Å². The van der Waals surface area contributed by atoms with Crippen LogP contribution in [0.25, 0.3) is 28.0 Å². The number of ether oxygens (including phenoxy) is 2. The number of carbonyl (C=O) groups excluding carboxylic acids is 3. The Morgan fingerprint density at radius 3 is 2.33 bits per heavy atom. The molecule has 2 aromatic carbocycles. The molecule has 2 aliphatic heterocycles. The highest BCUT2D eigenvalue weighted by atomic mass is 19.4. The summed E-state index contributed by atoms with van der Waals surface area (Å²) < 4.78 is 50.9. The van der Waals surface area contributed by atoms with E-state index in [4.69, 9.17) is 14.5 Å². The number of hydrogen-bond acceptors (Lipinski definition) is 8. The quantitative estimate of drug-likeness (QED) is 0.130. The number of esters is 1. The van der Waals surface area contributed by atoms with Gasteiger partial charge in [-0.1, -0.05) is 54.6 Å². The van der Waals surface area contributed by atoms with Crippen LogP contribution in [0.4, 0.5) is 13.2 Å². The summed E-state index contributed by atoms with van der Waals surface area (Å²) in [6.45, 7) is 2.13. The van der Waals surface area contributed by atoms with Gasteiger partial charge in [-0.15, -0.1) is 0 Å². The van der Waals surface area contributed by atoms with E-state index in [1.807, 2.05) is 18.3 Å². The summed E-state index contributed by atoms with van der Waals surface area (Å²) in [6.07, 6.45) is 4.80. The van der Waals surface area contributed by atoms with Crippen molar-refractivity contribution in [3.63, 3.8) is 0 Å². The van der Waals surface area contributed by atoms with Gasteiger partial charge in [0, 0.05) is 62.1 Å². The topological polar surface area (TPSA) is 139 Å². The summed E-state index contributed by atoms with van der Waals surface area (Å²) in [5.74, 6) is -0.588. The van der Waals surface area contributed by atoms with Crippen molar-refractivity contribution in [3.05, 3.63) is 102 Å². The van der Waals surface area contributed by atoms with E-state index in [0.29, 0.717) is 24.7 Å². The number of nitrogens with zero attached hydrogens (tertiary/aromatic N) is 4. The molecule has 2 aliphatic carbocycles.